The highest BCUT2D eigenvalue weighted by Crippen LogP contribution is 2.32. The fourth-order valence-electron chi connectivity index (χ4n) is 2.41. The van der Waals surface area contributed by atoms with E-state index in [1.165, 1.54) is 7.11 Å². The van der Waals surface area contributed by atoms with Crippen LogP contribution in [0.3, 0.4) is 0 Å². The molecule has 2 unspecified atom stereocenters. The lowest BCUT2D eigenvalue weighted by Crippen LogP contribution is -2.45. The Morgan fingerprint density at radius 2 is 2.18 bits per heavy atom. The number of carbonyl (C=O) groups is 3. The van der Waals surface area contributed by atoms with Gasteiger partial charge >= 0.3 is 5.97 Å². The summed E-state index contributed by atoms with van der Waals surface area (Å²) in [5.74, 6) is -2.54. The van der Waals surface area contributed by atoms with Crippen molar-refractivity contribution in [1.29, 1.82) is 0 Å². The molecular weight excluding hydrogens is 288 g/mol. The predicted molar refractivity (Wildman–Crippen MR) is 78.5 cm³/mol. The van der Waals surface area contributed by atoms with Gasteiger partial charge in [-0.25, -0.2) is 4.79 Å². The van der Waals surface area contributed by atoms with Gasteiger partial charge < -0.3 is 20.5 Å². The van der Waals surface area contributed by atoms with Gasteiger partial charge in [0.25, 0.3) is 0 Å². The van der Waals surface area contributed by atoms with E-state index >= 15 is 0 Å². The van der Waals surface area contributed by atoms with Gasteiger partial charge in [0.15, 0.2) is 0 Å². The molecule has 7 nitrogen and oxygen atoms in total. The summed E-state index contributed by atoms with van der Waals surface area (Å²) in [7, 11) is 1.46. The van der Waals surface area contributed by atoms with E-state index in [1.54, 1.807) is 24.3 Å². The van der Waals surface area contributed by atoms with Crippen LogP contribution in [0, 0.1) is 0 Å². The van der Waals surface area contributed by atoms with E-state index in [0.29, 0.717) is 11.3 Å². The molecular formula is C15H18N2O5. The molecule has 1 heterocycles. The van der Waals surface area contributed by atoms with Crippen molar-refractivity contribution in [3.8, 4) is 0 Å². The van der Waals surface area contributed by atoms with Crippen LogP contribution in [-0.2, 0) is 19.1 Å². The number of amides is 2. The van der Waals surface area contributed by atoms with Crippen LogP contribution in [0.25, 0.3) is 0 Å². The Bertz CT molecular complexity index is 587. The molecule has 0 aromatic heterocycles. The topological polar surface area (TPSA) is 105 Å². The summed E-state index contributed by atoms with van der Waals surface area (Å²) < 4.78 is 4.84. The van der Waals surface area contributed by atoms with Gasteiger partial charge in [-0.3, -0.25) is 9.59 Å². The summed E-state index contributed by atoms with van der Waals surface area (Å²) in [5.41, 5.74) is 1.28. The number of benzene rings is 1. The van der Waals surface area contributed by atoms with Gasteiger partial charge in [-0.2, -0.15) is 0 Å². The molecule has 1 aromatic rings. The third-order valence-corrected chi connectivity index (χ3v) is 3.54. The molecule has 0 fully saturated rings. The van der Waals surface area contributed by atoms with Crippen LogP contribution in [0.4, 0.5) is 5.69 Å². The van der Waals surface area contributed by atoms with Crippen LogP contribution in [-0.4, -0.2) is 42.6 Å². The second-order valence-electron chi connectivity index (χ2n) is 5.07. The van der Waals surface area contributed by atoms with E-state index in [2.05, 4.69) is 10.6 Å². The molecule has 22 heavy (non-hydrogen) atoms. The molecule has 2 atom stereocenters. The standard InChI is InChI=1S/C15H18N2O5/c1-22-7-6-12(15(20)21)17-14(19)10-8-13(18)16-11-5-3-2-4-9(10)11/h2-5,10,12H,6-8H2,1H3,(H,16,18)(H,17,19)(H,20,21). The van der Waals surface area contributed by atoms with Gasteiger partial charge in [-0.15, -0.1) is 0 Å². The summed E-state index contributed by atoms with van der Waals surface area (Å²) in [5, 5.41) is 14.3. The Morgan fingerprint density at radius 3 is 2.86 bits per heavy atom. The van der Waals surface area contributed by atoms with E-state index < -0.39 is 23.8 Å². The molecule has 1 aliphatic rings. The molecule has 1 aliphatic heterocycles. The number of methoxy groups -OCH3 is 1. The first-order valence-electron chi connectivity index (χ1n) is 6.94. The zero-order valence-electron chi connectivity index (χ0n) is 12.2. The quantitative estimate of drug-likeness (QED) is 0.718. The molecule has 1 aromatic carbocycles. The number of anilines is 1. The second-order valence-corrected chi connectivity index (χ2v) is 5.07. The zero-order valence-corrected chi connectivity index (χ0v) is 12.2. The maximum Gasteiger partial charge on any atom is 0.326 e. The summed E-state index contributed by atoms with van der Waals surface area (Å²) in [4.78, 5) is 35.3. The van der Waals surface area contributed by atoms with Gasteiger partial charge in [-0.05, 0) is 11.6 Å². The van der Waals surface area contributed by atoms with Crippen LogP contribution < -0.4 is 10.6 Å². The normalized spacial score (nSPS) is 18.0. The lowest BCUT2D eigenvalue weighted by atomic mass is 9.89. The minimum atomic E-state index is -1.13. The van der Waals surface area contributed by atoms with Crippen molar-refractivity contribution in [3.63, 3.8) is 0 Å². The Labute approximate surface area is 127 Å². The largest absolute Gasteiger partial charge is 0.480 e. The number of carboxylic acids is 1. The highest BCUT2D eigenvalue weighted by Gasteiger charge is 2.32. The number of hydrogen-bond acceptors (Lipinski definition) is 4. The number of hydrogen-bond donors (Lipinski definition) is 3. The van der Waals surface area contributed by atoms with Crippen LogP contribution in [0.5, 0.6) is 0 Å². The van der Waals surface area contributed by atoms with Crippen LogP contribution in [0.15, 0.2) is 24.3 Å². The average Bonchev–Trinajstić information content (AvgIpc) is 2.49. The van der Waals surface area contributed by atoms with E-state index in [1.807, 2.05) is 0 Å². The molecule has 0 saturated carbocycles. The van der Waals surface area contributed by atoms with Crippen molar-refractivity contribution in [1.82, 2.24) is 5.32 Å². The maximum atomic E-state index is 12.4. The molecule has 0 saturated heterocycles. The molecule has 0 aliphatic carbocycles. The molecule has 2 amide bonds. The molecule has 0 spiro atoms. The second kappa shape index (κ2) is 7.04. The van der Waals surface area contributed by atoms with Crippen molar-refractivity contribution in [2.45, 2.75) is 24.8 Å². The highest BCUT2D eigenvalue weighted by molar-refractivity contribution is 6.01. The summed E-state index contributed by atoms with van der Waals surface area (Å²) in [6.07, 6.45) is 0.164. The van der Waals surface area contributed by atoms with Gasteiger partial charge in [0.05, 0.1) is 5.92 Å². The van der Waals surface area contributed by atoms with Crippen LogP contribution >= 0.6 is 0 Å². The fraction of sp³-hybridized carbons (Fsp3) is 0.400. The third-order valence-electron chi connectivity index (χ3n) is 3.54. The Kier molecular flexibility index (Phi) is 5.11. The molecule has 3 N–H and O–H groups in total. The van der Waals surface area contributed by atoms with E-state index in [9.17, 15) is 14.4 Å². The van der Waals surface area contributed by atoms with E-state index in [0.717, 1.165) is 0 Å². The number of ether oxygens (including phenoxy) is 1. The molecule has 0 bridgehead atoms. The van der Waals surface area contributed by atoms with E-state index in [-0.39, 0.29) is 25.4 Å². The summed E-state index contributed by atoms with van der Waals surface area (Å²) in [6.45, 7) is 0.221. The maximum absolute atomic E-state index is 12.4. The molecule has 2 rings (SSSR count). The molecule has 0 radical (unpaired) electrons. The van der Waals surface area contributed by atoms with E-state index in [4.69, 9.17) is 9.84 Å². The number of rotatable bonds is 6. The average molecular weight is 306 g/mol. The van der Waals surface area contributed by atoms with Crippen LogP contribution in [0.1, 0.15) is 24.3 Å². The number of carboxylic acid groups (broad SMARTS) is 1. The Hall–Kier alpha value is -2.41. The summed E-state index contributed by atoms with van der Waals surface area (Å²) in [6, 6.07) is 5.97. The van der Waals surface area contributed by atoms with Crippen molar-refractivity contribution < 1.29 is 24.2 Å². The zero-order chi connectivity index (χ0) is 16.1. The minimum absolute atomic E-state index is 0.000532. The van der Waals surface area contributed by atoms with Crippen molar-refractivity contribution in [3.05, 3.63) is 29.8 Å². The lowest BCUT2D eigenvalue weighted by Gasteiger charge is -2.26. The van der Waals surface area contributed by atoms with Gasteiger partial charge in [-0.1, -0.05) is 18.2 Å². The number of aliphatic carboxylic acids is 1. The number of nitrogens with one attached hydrogen (secondary N) is 2. The predicted octanol–water partition coefficient (Wildman–Crippen LogP) is 0.718. The van der Waals surface area contributed by atoms with Crippen molar-refractivity contribution in [2.24, 2.45) is 0 Å². The minimum Gasteiger partial charge on any atom is -0.480 e. The Balaban J connectivity index is 2.15. The highest BCUT2D eigenvalue weighted by atomic mass is 16.5. The lowest BCUT2D eigenvalue weighted by molar-refractivity contribution is -0.142. The smallest absolute Gasteiger partial charge is 0.326 e. The number of fused-ring (bicyclic) bond motifs is 1. The first-order chi connectivity index (χ1) is 10.5. The molecule has 118 valence electrons. The Morgan fingerprint density at radius 1 is 1.45 bits per heavy atom. The SMILES string of the molecule is COCCC(NC(=O)C1CC(=O)Nc2ccccc21)C(=O)O. The third kappa shape index (κ3) is 3.62. The first kappa shape index (κ1) is 16.0. The van der Waals surface area contributed by atoms with Crippen molar-refractivity contribution >= 4 is 23.5 Å². The fourth-order valence-corrected chi connectivity index (χ4v) is 2.41. The van der Waals surface area contributed by atoms with Gasteiger partial charge in [0, 0.05) is 32.2 Å². The van der Waals surface area contributed by atoms with Crippen LogP contribution in [0.2, 0.25) is 0 Å². The number of para-hydroxylation sites is 1. The van der Waals surface area contributed by atoms with Gasteiger partial charge in [0.1, 0.15) is 6.04 Å². The molecule has 7 heteroatoms. The number of carbonyl (C=O) groups excluding carboxylic acids is 2. The van der Waals surface area contributed by atoms with Gasteiger partial charge in [0.2, 0.25) is 11.8 Å². The first-order valence-corrected chi connectivity index (χ1v) is 6.94. The summed E-state index contributed by atoms with van der Waals surface area (Å²) >= 11 is 0. The monoisotopic (exact) mass is 306 g/mol. The van der Waals surface area contributed by atoms with Crippen molar-refractivity contribution in [2.75, 3.05) is 19.0 Å².